The quantitative estimate of drug-likeness (QED) is 0.615. The van der Waals surface area contributed by atoms with Crippen LogP contribution in [0.25, 0.3) is 0 Å². The fourth-order valence-electron chi connectivity index (χ4n) is 1.78. The highest BCUT2D eigenvalue weighted by Crippen LogP contribution is 2.23. The third-order valence-electron chi connectivity index (χ3n) is 2.58. The predicted octanol–water partition coefficient (Wildman–Crippen LogP) is 1.43. The van der Waals surface area contributed by atoms with E-state index in [0.717, 1.165) is 16.9 Å². The van der Waals surface area contributed by atoms with Crippen LogP contribution in [0.15, 0.2) is 43.0 Å². The van der Waals surface area contributed by atoms with E-state index in [0.29, 0.717) is 6.61 Å². The van der Waals surface area contributed by atoms with Crippen LogP contribution in [0, 0.1) is 0 Å². The summed E-state index contributed by atoms with van der Waals surface area (Å²) in [6.07, 6.45) is 6.93. The first-order valence-corrected chi connectivity index (χ1v) is 5.79. The largest absolute Gasteiger partial charge is 0.492 e. The fourth-order valence-corrected chi connectivity index (χ4v) is 1.78. The van der Waals surface area contributed by atoms with Gasteiger partial charge in [-0.05, 0) is 36.2 Å². The molecule has 0 fully saturated rings. The van der Waals surface area contributed by atoms with E-state index < -0.39 is 0 Å². The lowest BCUT2D eigenvalue weighted by molar-refractivity contribution is 0.338. The summed E-state index contributed by atoms with van der Waals surface area (Å²) in [7, 11) is 0. The first-order chi connectivity index (χ1) is 8.85. The van der Waals surface area contributed by atoms with Gasteiger partial charge in [-0.2, -0.15) is 0 Å². The van der Waals surface area contributed by atoms with Crippen LogP contribution in [0.1, 0.15) is 24.1 Å². The minimum atomic E-state index is -0.124. The maximum Gasteiger partial charge on any atom is 0.137 e. The van der Waals surface area contributed by atoms with Crippen molar-refractivity contribution in [1.82, 2.24) is 15.4 Å². The van der Waals surface area contributed by atoms with Crippen molar-refractivity contribution in [2.75, 3.05) is 6.61 Å². The minimum Gasteiger partial charge on any atom is -0.492 e. The normalized spacial score (nSPS) is 12.1. The van der Waals surface area contributed by atoms with E-state index in [-0.39, 0.29) is 6.04 Å². The van der Waals surface area contributed by atoms with Crippen molar-refractivity contribution >= 4 is 0 Å². The lowest BCUT2D eigenvalue weighted by atomic mass is 10.0. The molecule has 2 heterocycles. The van der Waals surface area contributed by atoms with E-state index in [1.165, 1.54) is 0 Å². The molecule has 0 bridgehead atoms. The molecule has 0 saturated heterocycles. The number of ether oxygens (including phenoxy) is 1. The molecule has 0 aliphatic heterocycles. The van der Waals surface area contributed by atoms with Gasteiger partial charge in [0, 0.05) is 18.6 Å². The molecule has 0 amide bonds. The third-order valence-corrected chi connectivity index (χ3v) is 2.58. The smallest absolute Gasteiger partial charge is 0.137 e. The lowest BCUT2D eigenvalue weighted by Crippen LogP contribution is -2.28. The van der Waals surface area contributed by atoms with Gasteiger partial charge < -0.3 is 4.74 Å². The van der Waals surface area contributed by atoms with E-state index >= 15 is 0 Å². The van der Waals surface area contributed by atoms with Crippen molar-refractivity contribution in [3.8, 4) is 5.75 Å². The Morgan fingerprint density at radius 2 is 2.00 bits per heavy atom. The van der Waals surface area contributed by atoms with Crippen LogP contribution in [-0.4, -0.2) is 16.6 Å². The third kappa shape index (κ3) is 2.82. The molecule has 2 rings (SSSR count). The van der Waals surface area contributed by atoms with Gasteiger partial charge in [0.1, 0.15) is 5.75 Å². The summed E-state index contributed by atoms with van der Waals surface area (Å²) in [5.41, 5.74) is 4.76. The molecule has 0 radical (unpaired) electrons. The topological polar surface area (TPSA) is 73.1 Å². The molecular weight excluding hydrogens is 228 g/mol. The highest BCUT2D eigenvalue weighted by molar-refractivity contribution is 5.33. The SMILES string of the molecule is CCOc1cncc(C(NN)c2ccncc2)c1. The average Bonchev–Trinajstić information content (AvgIpc) is 2.42. The van der Waals surface area contributed by atoms with Crippen molar-refractivity contribution in [2.24, 2.45) is 5.84 Å². The number of hydrogen-bond acceptors (Lipinski definition) is 5. The van der Waals surface area contributed by atoms with Crippen LogP contribution < -0.4 is 16.0 Å². The van der Waals surface area contributed by atoms with Gasteiger partial charge in [0.25, 0.3) is 0 Å². The number of pyridine rings is 2. The summed E-state index contributed by atoms with van der Waals surface area (Å²) in [6, 6.07) is 5.64. The van der Waals surface area contributed by atoms with Gasteiger partial charge in [0.05, 0.1) is 18.8 Å². The summed E-state index contributed by atoms with van der Waals surface area (Å²) < 4.78 is 5.43. The maximum atomic E-state index is 5.62. The monoisotopic (exact) mass is 244 g/mol. The van der Waals surface area contributed by atoms with Crippen LogP contribution in [0.5, 0.6) is 5.75 Å². The summed E-state index contributed by atoms with van der Waals surface area (Å²) in [6.45, 7) is 2.55. The zero-order chi connectivity index (χ0) is 12.8. The summed E-state index contributed by atoms with van der Waals surface area (Å²) in [5.74, 6) is 6.36. The molecule has 5 nitrogen and oxygen atoms in total. The van der Waals surface area contributed by atoms with Gasteiger partial charge in [-0.1, -0.05) is 0 Å². The van der Waals surface area contributed by atoms with Gasteiger partial charge in [-0.25, -0.2) is 5.43 Å². The fraction of sp³-hybridized carbons (Fsp3) is 0.231. The molecule has 0 saturated carbocycles. The second-order valence-corrected chi connectivity index (χ2v) is 3.77. The Bertz CT molecular complexity index is 489. The first-order valence-electron chi connectivity index (χ1n) is 5.79. The summed E-state index contributed by atoms with van der Waals surface area (Å²) in [5, 5.41) is 0. The Balaban J connectivity index is 2.30. The zero-order valence-corrected chi connectivity index (χ0v) is 10.2. The van der Waals surface area contributed by atoms with Crippen LogP contribution in [-0.2, 0) is 0 Å². The second-order valence-electron chi connectivity index (χ2n) is 3.77. The van der Waals surface area contributed by atoms with Crippen LogP contribution in [0.4, 0.5) is 0 Å². The molecule has 0 spiro atoms. The summed E-state index contributed by atoms with van der Waals surface area (Å²) >= 11 is 0. The number of rotatable bonds is 5. The molecule has 2 aromatic heterocycles. The predicted molar refractivity (Wildman–Crippen MR) is 68.8 cm³/mol. The van der Waals surface area contributed by atoms with Crippen molar-refractivity contribution in [3.63, 3.8) is 0 Å². The minimum absolute atomic E-state index is 0.124. The van der Waals surface area contributed by atoms with Crippen molar-refractivity contribution in [2.45, 2.75) is 13.0 Å². The molecule has 3 N–H and O–H groups in total. The Labute approximate surface area is 106 Å². The van der Waals surface area contributed by atoms with Crippen molar-refractivity contribution < 1.29 is 4.74 Å². The highest BCUT2D eigenvalue weighted by Gasteiger charge is 2.13. The molecule has 0 aliphatic carbocycles. The van der Waals surface area contributed by atoms with Crippen LogP contribution >= 0.6 is 0 Å². The maximum absolute atomic E-state index is 5.62. The molecule has 2 aromatic rings. The number of aromatic nitrogens is 2. The van der Waals surface area contributed by atoms with E-state index in [9.17, 15) is 0 Å². The molecule has 0 aliphatic rings. The number of nitrogens with two attached hydrogens (primary N) is 1. The standard InChI is InChI=1S/C13H16N4O/c1-2-18-12-7-11(8-16-9-12)13(17-14)10-3-5-15-6-4-10/h3-9,13,17H,2,14H2,1H3. The van der Waals surface area contributed by atoms with E-state index in [4.69, 9.17) is 10.6 Å². The molecule has 1 unspecified atom stereocenters. The Morgan fingerprint density at radius 3 is 2.67 bits per heavy atom. The first kappa shape index (κ1) is 12.5. The molecule has 18 heavy (non-hydrogen) atoms. The Hall–Kier alpha value is -1.98. The molecular formula is C13H16N4O. The molecule has 0 aromatic carbocycles. The lowest BCUT2D eigenvalue weighted by Gasteiger charge is -2.16. The zero-order valence-electron chi connectivity index (χ0n) is 10.2. The Kier molecular flexibility index (Phi) is 4.22. The van der Waals surface area contributed by atoms with E-state index in [1.807, 2.05) is 25.1 Å². The van der Waals surface area contributed by atoms with Crippen molar-refractivity contribution in [3.05, 3.63) is 54.1 Å². The Morgan fingerprint density at radius 1 is 1.22 bits per heavy atom. The number of hydrazine groups is 1. The molecule has 5 heteroatoms. The van der Waals surface area contributed by atoms with Gasteiger partial charge >= 0.3 is 0 Å². The summed E-state index contributed by atoms with van der Waals surface area (Å²) in [4.78, 5) is 8.16. The van der Waals surface area contributed by atoms with Gasteiger partial charge in [0.15, 0.2) is 0 Å². The molecule has 1 atom stereocenters. The number of hydrogen-bond donors (Lipinski definition) is 2. The number of nitrogens with zero attached hydrogens (tertiary/aromatic N) is 2. The van der Waals surface area contributed by atoms with Gasteiger partial charge in [-0.3, -0.25) is 15.8 Å². The average molecular weight is 244 g/mol. The number of nitrogens with one attached hydrogen (secondary N) is 1. The molecule has 94 valence electrons. The van der Waals surface area contributed by atoms with Crippen molar-refractivity contribution in [1.29, 1.82) is 0 Å². The van der Waals surface area contributed by atoms with Gasteiger partial charge in [-0.15, -0.1) is 0 Å². The van der Waals surface area contributed by atoms with Crippen LogP contribution in [0.2, 0.25) is 0 Å². The second kappa shape index (κ2) is 6.09. The highest BCUT2D eigenvalue weighted by atomic mass is 16.5. The van der Waals surface area contributed by atoms with Crippen LogP contribution in [0.3, 0.4) is 0 Å². The van der Waals surface area contributed by atoms with Gasteiger partial charge in [0.2, 0.25) is 0 Å². The van der Waals surface area contributed by atoms with E-state index in [1.54, 1.807) is 24.8 Å². The van der Waals surface area contributed by atoms with E-state index in [2.05, 4.69) is 15.4 Å².